The van der Waals surface area contributed by atoms with Crippen LogP contribution in [-0.2, 0) is 65.6 Å². The number of likely N-dealkylation sites (tertiary alicyclic amines) is 1. The zero-order valence-corrected chi connectivity index (χ0v) is 60.3. The Morgan fingerprint density at radius 3 is 2.02 bits per heavy atom. The number of ether oxygens (including phenoxy) is 3. The van der Waals surface area contributed by atoms with Crippen molar-refractivity contribution < 1.29 is 62.2 Å². The van der Waals surface area contributed by atoms with Gasteiger partial charge in [-0.3, -0.25) is 48.2 Å². The minimum atomic E-state index is -1.11. The van der Waals surface area contributed by atoms with Gasteiger partial charge in [0.15, 0.2) is 0 Å². The summed E-state index contributed by atoms with van der Waals surface area (Å²) in [6.45, 7) is 17.4. The molecule has 5 rings (SSSR count). The first kappa shape index (κ1) is 79.8. The third-order valence-corrected chi connectivity index (χ3v) is 19.5. The summed E-state index contributed by atoms with van der Waals surface area (Å²) in [6, 6.07) is 10.6. The van der Waals surface area contributed by atoms with Gasteiger partial charge in [-0.15, -0.1) is 11.3 Å². The molecule has 11 atom stereocenters. The first-order chi connectivity index (χ1) is 46.1. The van der Waals surface area contributed by atoms with E-state index in [1.54, 1.807) is 95.7 Å². The number of nitrogens with two attached hydrogens (primary N) is 1. The number of thiazole rings is 1. The molecule has 8 N–H and O–H groups in total. The number of carbonyl (C=O) groups is 10. The van der Waals surface area contributed by atoms with Crippen LogP contribution < -0.4 is 37.6 Å². The lowest BCUT2D eigenvalue weighted by Gasteiger charge is -2.41. The fraction of sp³-hybridized carbons (Fsp3) is 0.600. The van der Waals surface area contributed by atoms with Crippen molar-refractivity contribution in [2.45, 2.75) is 194 Å². The SMILES string of the molecule is CCC(C)C(C(CC(=O)N1CCCC1C(OC)C(C)C(=S)NC(Cc1ccccc1)c1nccs1)OC)N(C)C(=O)C(NC(=O)C(C(C)C)N(C)C(=O)OCc1ccc(NC(=O)C(CCCNC(N)=O)NC(=O)C(NC(=O)CCCCCN2C(=O)C=CC2=O)C(C)C)cc1)C(C)C. The van der Waals surface area contributed by atoms with Crippen LogP contribution in [0.3, 0.4) is 0 Å². The van der Waals surface area contributed by atoms with Crippen molar-refractivity contribution in [2.24, 2.45) is 35.3 Å². The number of rotatable bonds is 39. The second-order valence-corrected chi connectivity index (χ2v) is 27.6. The van der Waals surface area contributed by atoms with Crippen molar-refractivity contribution >= 4 is 93.6 Å². The van der Waals surface area contributed by atoms with Gasteiger partial charge in [-0.25, -0.2) is 14.6 Å². The second kappa shape index (κ2) is 39.5. The number of unbranched alkanes of at least 4 members (excludes halogenated alkanes) is 2. The fourth-order valence-corrected chi connectivity index (χ4v) is 13.4. The number of primary amides is 1. The molecule has 1 fully saturated rings. The van der Waals surface area contributed by atoms with E-state index in [2.05, 4.69) is 49.0 Å². The second-order valence-electron chi connectivity index (χ2n) is 26.2. The molecule has 0 bridgehead atoms. The number of hydrogen-bond acceptors (Lipinski definition) is 16. The largest absolute Gasteiger partial charge is 0.445 e. The lowest BCUT2D eigenvalue weighted by molar-refractivity contribution is -0.147. The summed E-state index contributed by atoms with van der Waals surface area (Å²) in [5, 5.41) is 20.2. The molecule has 25 nitrogen and oxygen atoms in total. The van der Waals surface area contributed by atoms with Gasteiger partial charge in [0.2, 0.25) is 35.4 Å². The van der Waals surface area contributed by atoms with E-state index in [4.69, 9.17) is 32.2 Å². The summed E-state index contributed by atoms with van der Waals surface area (Å²) in [5.41, 5.74) is 7.28. The molecule has 3 heterocycles. The highest BCUT2D eigenvalue weighted by atomic mass is 32.1. The molecule has 97 heavy (non-hydrogen) atoms. The molecule has 0 saturated carbocycles. The van der Waals surface area contributed by atoms with E-state index in [-0.39, 0.29) is 105 Å². The summed E-state index contributed by atoms with van der Waals surface area (Å²) in [6.07, 6.45) is 7.00. The number of hydrogen-bond donors (Lipinski definition) is 7. The van der Waals surface area contributed by atoms with E-state index in [1.165, 1.54) is 24.1 Å². The van der Waals surface area contributed by atoms with Crippen LogP contribution in [0.5, 0.6) is 0 Å². The van der Waals surface area contributed by atoms with Gasteiger partial charge < -0.3 is 61.6 Å². The van der Waals surface area contributed by atoms with Crippen molar-refractivity contribution in [2.75, 3.05) is 53.3 Å². The van der Waals surface area contributed by atoms with E-state index in [0.29, 0.717) is 61.3 Å². The van der Waals surface area contributed by atoms with Gasteiger partial charge in [-0.1, -0.05) is 130 Å². The van der Waals surface area contributed by atoms with Crippen molar-refractivity contribution in [1.82, 2.24) is 51.2 Å². The Balaban J connectivity index is 1.18. The maximum absolute atomic E-state index is 14.9. The highest BCUT2D eigenvalue weighted by Crippen LogP contribution is 2.31. The molecule has 0 aliphatic carbocycles. The Kier molecular flexibility index (Phi) is 32.5. The van der Waals surface area contributed by atoms with E-state index in [0.717, 1.165) is 21.9 Å². The average molecular weight is 1390 g/mol. The number of aromatic nitrogens is 1. The topological polar surface area (TPSA) is 322 Å². The summed E-state index contributed by atoms with van der Waals surface area (Å²) >= 11 is 7.65. The van der Waals surface area contributed by atoms with Crippen LogP contribution in [0.1, 0.15) is 149 Å². The molecule has 0 radical (unpaired) electrons. The summed E-state index contributed by atoms with van der Waals surface area (Å²) in [4.78, 5) is 145. The lowest BCUT2D eigenvalue weighted by atomic mass is 9.89. The maximum Gasteiger partial charge on any atom is 0.410 e. The van der Waals surface area contributed by atoms with Crippen molar-refractivity contribution in [3.63, 3.8) is 0 Å². The Morgan fingerprint density at radius 1 is 0.763 bits per heavy atom. The van der Waals surface area contributed by atoms with Crippen LogP contribution in [-0.4, -0.2) is 185 Å². The molecule has 3 aromatic rings. The van der Waals surface area contributed by atoms with Crippen LogP contribution in [0.2, 0.25) is 0 Å². The fourth-order valence-electron chi connectivity index (χ4n) is 12.4. The number of nitrogens with zero attached hydrogens (tertiary/aromatic N) is 5. The molecule has 534 valence electrons. The first-order valence-electron chi connectivity index (χ1n) is 33.7. The normalized spacial score (nSPS) is 16.9. The number of amides is 11. The first-order valence-corrected chi connectivity index (χ1v) is 35.0. The Morgan fingerprint density at radius 2 is 1.43 bits per heavy atom. The van der Waals surface area contributed by atoms with Crippen molar-refractivity contribution in [3.05, 3.63) is 94.5 Å². The van der Waals surface area contributed by atoms with Crippen molar-refractivity contribution in [1.29, 1.82) is 0 Å². The average Bonchev–Trinajstić information content (AvgIpc) is 1.80. The third-order valence-electron chi connectivity index (χ3n) is 18.1. The predicted octanol–water partition coefficient (Wildman–Crippen LogP) is 7.20. The van der Waals surface area contributed by atoms with Crippen LogP contribution in [0.15, 0.2) is 78.3 Å². The van der Waals surface area contributed by atoms with Gasteiger partial charge in [-0.05, 0) is 91.9 Å². The van der Waals surface area contributed by atoms with Crippen LogP contribution >= 0.6 is 23.6 Å². The highest BCUT2D eigenvalue weighted by molar-refractivity contribution is 7.80. The zero-order chi connectivity index (χ0) is 71.6. The van der Waals surface area contributed by atoms with Gasteiger partial charge in [0.05, 0.1) is 41.7 Å². The van der Waals surface area contributed by atoms with E-state index >= 15 is 0 Å². The number of urea groups is 1. The molecule has 1 aromatic heterocycles. The monoisotopic (exact) mass is 1380 g/mol. The van der Waals surface area contributed by atoms with E-state index in [9.17, 15) is 47.9 Å². The number of imide groups is 1. The van der Waals surface area contributed by atoms with Crippen molar-refractivity contribution in [3.8, 4) is 0 Å². The zero-order valence-electron chi connectivity index (χ0n) is 58.6. The Bertz CT molecular complexity index is 3120. The number of nitrogens with one attached hydrogen (secondary N) is 6. The van der Waals surface area contributed by atoms with Gasteiger partial charge in [-0.2, -0.15) is 0 Å². The molecular weight excluding hydrogens is 1280 g/mol. The van der Waals surface area contributed by atoms with Gasteiger partial charge in [0.1, 0.15) is 35.8 Å². The molecule has 1 saturated heterocycles. The minimum absolute atomic E-state index is 0.0236. The summed E-state index contributed by atoms with van der Waals surface area (Å²) < 4.78 is 18.1. The van der Waals surface area contributed by atoms with Crippen LogP contribution in [0.4, 0.5) is 15.3 Å². The number of methoxy groups -OCH3 is 2. The van der Waals surface area contributed by atoms with E-state index in [1.807, 2.05) is 63.1 Å². The lowest BCUT2D eigenvalue weighted by Crippen LogP contribution is -2.60. The van der Waals surface area contributed by atoms with Crippen LogP contribution in [0.25, 0.3) is 0 Å². The number of carbonyl (C=O) groups excluding carboxylic acids is 10. The van der Waals surface area contributed by atoms with Gasteiger partial charge >= 0.3 is 12.1 Å². The van der Waals surface area contributed by atoms with Crippen LogP contribution in [0, 0.1) is 29.6 Å². The molecule has 27 heteroatoms. The number of anilines is 1. The molecule has 2 aliphatic heterocycles. The Hall–Kier alpha value is -7.88. The molecule has 0 spiro atoms. The maximum atomic E-state index is 14.9. The number of benzene rings is 2. The van der Waals surface area contributed by atoms with E-state index < -0.39 is 84.1 Å². The third kappa shape index (κ3) is 23.7. The molecule has 2 aromatic carbocycles. The van der Waals surface area contributed by atoms with Gasteiger partial charge in [0.25, 0.3) is 11.8 Å². The smallest absolute Gasteiger partial charge is 0.410 e. The number of likely N-dealkylation sites (N-methyl/N-ethyl adjacent to an activating group) is 2. The Labute approximate surface area is 581 Å². The number of thiocarbonyl (C=S) groups is 1. The highest BCUT2D eigenvalue weighted by Gasteiger charge is 2.44. The molecular formula is C70H104N12O13S2. The molecule has 11 amide bonds. The van der Waals surface area contributed by atoms with Gasteiger partial charge in [0, 0.05) is 89.7 Å². The summed E-state index contributed by atoms with van der Waals surface area (Å²) in [7, 11) is 6.31. The quantitative estimate of drug-likeness (QED) is 0.0169. The minimum Gasteiger partial charge on any atom is -0.445 e. The molecule has 2 aliphatic rings. The predicted molar refractivity (Wildman–Crippen MR) is 375 cm³/mol. The molecule has 11 unspecified atom stereocenters. The standard InChI is InChI=1S/C70H104N12O13S2/c1-14-45(8)61(53(93-12)40-57(86)81-37-22-26-52(81)62(94-13)46(9)66(96)76-51(67-72-35-38-97-67)39-47-23-17-15-18-24-47)79(10)68(90)59(43(4)5)78-65(89)60(44(6)7)80(11)70(92)95-41-48-28-30-49(31-29-48)74-63(87)50(25-21-34-73-69(71)91)75-64(88)58(42(2)3)77-54(83)27-19-16-20-36-82-55(84)32-33-56(82)85/h15,17-18,23-24,28-33,35,38,42-46,50-53,58-62H,14,16,19-22,25-27,34,36-37,39-41H2,1-13H3,(H,74,87)(H,75,88)(H,76,96)(H,77,83)(H,78,89)(H3,71,73,91). The summed E-state index contributed by atoms with van der Waals surface area (Å²) in [5.74, 6) is -5.02.